The van der Waals surface area contributed by atoms with E-state index in [1.165, 1.54) is 0 Å². The van der Waals surface area contributed by atoms with Crippen molar-refractivity contribution in [2.45, 2.75) is 25.4 Å². The standard InChI is InChI=1S/C20H24N2O2/c23-16-10-14-21(15-11-16)12-5-13-22-17-6-1-3-8-19(17)24-20-9-4-2-7-18(20)22/h1-4,6-9,16,23H,5,10-15H2. The monoisotopic (exact) mass is 324 g/mol. The van der Waals surface area contributed by atoms with Crippen LogP contribution in [-0.2, 0) is 0 Å². The molecule has 1 saturated heterocycles. The molecule has 2 aromatic rings. The van der Waals surface area contributed by atoms with E-state index >= 15 is 0 Å². The van der Waals surface area contributed by atoms with Gasteiger partial charge in [-0.15, -0.1) is 0 Å². The lowest BCUT2D eigenvalue weighted by molar-refractivity contribution is 0.0824. The molecule has 2 aliphatic heterocycles. The van der Waals surface area contributed by atoms with Crippen LogP contribution in [0.25, 0.3) is 0 Å². The van der Waals surface area contributed by atoms with Crippen LogP contribution in [0.5, 0.6) is 11.5 Å². The third-order valence-corrected chi connectivity index (χ3v) is 4.95. The van der Waals surface area contributed by atoms with Crippen LogP contribution in [0.1, 0.15) is 19.3 Å². The first-order valence-electron chi connectivity index (χ1n) is 8.85. The van der Waals surface area contributed by atoms with Gasteiger partial charge in [0.1, 0.15) is 0 Å². The maximum Gasteiger partial charge on any atom is 0.151 e. The van der Waals surface area contributed by atoms with Crippen LogP contribution in [0.4, 0.5) is 11.4 Å². The molecule has 2 aliphatic rings. The summed E-state index contributed by atoms with van der Waals surface area (Å²) >= 11 is 0. The van der Waals surface area contributed by atoms with Crippen molar-refractivity contribution in [3.05, 3.63) is 48.5 Å². The molecule has 24 heavy (non-hydrogen) atoms. The second-order valence-corrected chi connectivity index (χ2v) is 6.62. The fraction of sp³-hybridized carbons (Fsp3) is 0.400. The Bertz CT molecular complexity index is 650. The van der Waals surface area contributed by atoms with Crippen molar-refractivity contribution >= 4 is 11.4 Å². The van der Waals surface area contributed by atoms with E-state index in [1.807, 2.05) is 24.3 Å². The zero-order valence-corrected chi connectivity index (χ0v) is 13.9. The Balaban J connectivity index is 1.46. The Labute approximate surface area is 143 Å². The Kier molecular flexibility index (Phi) is 4.41. The molecule has 4 nitrogen and oxygen atoms in total. The molecule has 0 saturated carbocycles. The number of aliphatic hydroxyl groups is 1. The molecule has 0 atom stereocenters. The summed E-state index contributed by atoms with van der Waals surface area (Å²) in [5, 5.41) is 9.63. The Morgan fingerprint density at radius 1 is 0.875 bits per heavy atom. The first-order chi connectivity index (χ1) is 11.8. The van der Waals surface area contributed by atoms with Crippen molar-refractivity contribution < 1.29 is 9.84 Å². The quantitative estimate of drug-likeness (QED) is 0.928. The highest BCUT2D eigenvalue weighted by Crippen LogP contribution is 2.46. The third kappa shape index (κ3) is 3.12. The van der Waals surface area contributed by atoms with Crippen LogP contribution >= 0.6 is 0 Å². The minimum Gasteiger partial charge on any atom is -0.453 e. The summed E-state index contributed by atoms with van der Waals surface area (Å²) in [6, 6.07) is 16.5. The van der Waals surface area contributed by atoms with Gasteiger partial charge in [-0.1, -0.05) is 24.3 Å². The van der Waals surface area contributed by atoms with Gasteiger partial charge in [0, 0.05) is 19.6 Å². The number of benzene rings is 2. The SMILES string of the molecule is OC1CCN(CCCN2c3ccccc3Oc3ccccc32)CC1. The zero-order chi connectivity index (χ0) is 16.4. The third-order valence-electron chi connectivity index (χ3n) is 4.95. The van der Waals surface area contributed by atoms with E-state index < -0.39 is 0 Å². The fourth-order valence-corrected chi connectivity index (χ4v) is 3.62. The number of anilines is 2. The number of nitrogens with zero attached hydrogens (tertiary/aromatic N) is 2. The molecule has 1 fully saturated rings. The number of hydrogen-bond acceptors (Lipinski definition) is 4. The summed E-state index contributed by atoms with van der Waals surface area (Å²) < 4.78 is 6.04. The van der Waals surface area contributed by atoms with Gasteiger partial charge < -0.3 is 19.6 Å². The van der Waals surface area contributed by atoms with Crippen molar-refractivity contribution in [2.24, 2.45) is 0 Å². The molecule has 0 aliphatic carbocycles. The van der Waals surface area contributed by atoms with Crippen LogP contribution in [0.3, 0.4) is 0 Å². The van der Waals surface area contributed by atoms with Crippen molar-refractivity contribution in [3.8, 4) is 11.5 Å². The van der Waals surface area contributed by atoms with Crippen LogP contribution in [0, 0.1) is 0 Å². The van der Waals surface area contributed by atoms with E-state index in [4.69, 9.17) is 4.74 Å². The molecule has 0 unspecified atom stereocenters. The van der Waals surface area contributed by atoms with Gasteiger partial charge in [-0.05, 0) is 50.1 Å². The molecule has 2 aromatic carbocycles. The lowest BCUT2D eigenvalue weighted by atomic mass is 10.1. The molecular formula is C20H24N2O2. The van der Waals surface area contributed by atoms with Crippen molar-refractivity contribution in [1.82, 2.24) is 4.90 Å². The van der Waals surface area contributed by atoms with E-state index in [0.29, 0.717) is 0 Å². The van der Waals surface area contributed by atoms with Crippen LogP contribution in [0.15, 0.2) is 48.5 Å². The first kappa shape index (κ1) is 15.5. The van der Waals surface area contributed by atoms with Gasteiger partial charge in [-0.25, -0.2) is 0 Å². The van der Waals surface area contributed by atoms with Gasteiger partial charge in [-0.2, -0.15) is 0 Å². The molecular weight excluding hydrogens is 300 g/mol. The van der Waals surface area contributed by atoms with Crippen LogP contribution in [-0.4, -0.2) is 42.3 Å². The van der Waals surface area contributed by atoms with Crippen molar-refractivity contribution in [1.29, 1.82) is 0 Å². The first-order valence-corrected chi connectivity index (χ1v) is 8.85. The minimum atomic E-state index is -0.0979. The van der Waals surface area contributed by atoms with E-state index in [-0.39, 0.29) is 6.10 Å². The molecule has 126 valence electrons. The molecule has 0 spiro atoms. The average Bonchev–Trinajstić information content (AvgIpc) is 2.63. The molecule has 0 radical (unpaired) electrons. The predicted octanol–water partition coefficient (Wildman–Crippen LogP) is 3.78. The summed E-state index contributed by atoms with van der Waals surface area (Å²) in [7, 11) is 0. The smallest absolute Gasteiger partial charge is 0.151 e. The Morgan fingerprint density at radius 2 is 1.46 bits per heavy atom. The normalized spacial score (nSPS) is 18.0. The summed E-state index contributed by atoms with van der Waals surface area (Å²) in [4.78, 5) is 4.83. The highest BCUT2D eigenvalue weighted by molar-refractivity contribution is 5.77. The fourth-order valence-electron chi connectivity index (χ4n) is 3.62. The van der Waals surface area contributed by atoms with Gasteiger partial charge in [0.25, 0.3) is 0 Å². The van der Waals surface area contributed by atoms with E-state index in [9.17, 15) is 5.11 Å². The maximum atomic E-state index is 9.63. The summed E-state index contributed by atoms with van der Waals surface area (Å²) in [6.45, 7) is 4.07. The highest BCUT2D eigenvalue weighted by atomic mass is 16.5. The lowest BCUT2D eigenvalue weighted by Crippen LogP contribution is -2.37. The maximum absolute atomic E-state index is 9.63. The molecule has 0 bridgehead atoms. The summed E-state index contributed by atoms with van der Waals surface area (Å²) in [6.07, 6.45) is 2.81. The van der Waals surface area contributed by atoms with Gasteiger partial charge >= 0.3 is 0 Å². The number of likely N-dealkylation sites (tertiary alicyclic amines) is 1. The second kappa shape index (κ2) is 6.83. The largest absolute Gasteiger partial charge is 0.453 e. The Hall–Kier alpha value is -2.04. The van der Waals surface area contributed by atoms with Gasteiger partial charge in [0.15, 0.2) is 11.5 Å². The molecule has 1 N–H and O–H groups in total. The van der Waals surface area contributed by atoms with Gasteiger partial charge in [0.2, 0.25) is 0 Å². The zero-order valence-electron chi connectivity index (χ0n) is 13.9. The number of piperidine rings is 1. The number of hydrogen-bond donors (Lipinski definition) is 1. The molecule has 4 rings (SSSR count). The Morgan fingerprint density at radius 3 is 2.08 bits per heavy atom. The minimum absolute atomic E-state index is 0.0979. The molecule has 0 amide bonds. The number of rotatable bonds is 4. The molecule has 2 heterocycles. The summed E-state index contributed by atoms with van der Waals surface area (Å²) in [5.41, 5.74) is 2.29. The number of fused-ring (bicyclic) bond motifs is 2. The topological polar surface area (TPSA) is 35.9 Å². The summed E-state index contributed by atoms with van der Waals surface area (Å²) in [5.74, 6) is 1.86. The number of para-hydroxylation sites is 4. The second-order valence-electron chi connectivity index (χ2n) is 6.62. The molecule has 0 aromatic heterocycles. The van der Waals surface area contributed by atoms with Crippen LogP contribution < -0.4 is 9.64 Å². The number of aliphatic hydroxyl groups excluding tert-OH is 1. The highest BCUT2D eigenvalue weighted by Gasteiger charge is 2.23. The van der Waals surface area contributed by atoms with Gasteiger partial charge in [-0.3, -0.25) is 0 Å². The average molecular weight is 324 g/mol. The van der Waals surface area contributed by atoms with Crippen LogP contribution in [0.2, 0.25) is 0 Å². The van der Waals surface area contributed by atoms with E-state index in [0.717, 1.165) is 68.3 Å². The van der Waals surface area contributed by atoms with E-state index in [2.05, 4.69) is 34.1 Å². The van der Waals surface area contributed by atoms with E-state index in [1.54, 1.807) is 0 Å². The van der Waals surface area contributed by atoms with Crippen molar-refractivity contribution in [2.75, 3.05) is 31.1 Å². The molecule has 4 heteroatoms. The van der Waals surface area contributed by atoms with Gasteiger partial charge in [0.05, 0.1) is 17.5 Å². The number of ether oxygens (including phenoxy) is 1. The lowest BCUT2D eigenvalue weighted by Gasteiger charge is -2.34. The predicted molar refractivity (Wildman–Crippen MR) is 96.3 cm³/mol. The van der Waals surface area contributed by atoms with Crippen molar-refractivity contribution in [3.63, 3.8) is 0 Å².